The number of piperidine rings is 1. The molecule has 2 heteroatoms. The van der Waals surface area contributed by atoms with Crippen molar-refractivity contribution in [2.45, 2.75) is 57.0 Å². The minimum Gasteiger partial charge on any atom is -0.300 e. The maximum Gasteiger partial charge on any atom is 0.0163 e. The maximum atomic E-state index is 3.92. The molecule has 0 aromatic heterocycles. The average Bonchev–Trinajstić information content (AvgIpc) is 2.93. The average molecular weight is 248 g/mol. The van der Waals surface area contributed by atoms with Crippen LogP contribution in [0.5, 0.6) is 0 Å². The fourth-order valence-electron chi connectivity index (χ4n) is 4.57. The molecule has 0 aromatic carbocycles. The van der Waals surface area contributed by atoms with Gasteiger partial charge in [-0.05, 0) is 70.5 Å². The monoisotopic (exact) mass is 248 g/mol. The summed E-state index contributed by atoms with van der Waals surface area (Å²) in [5.74, 6) is 0.970. The van der Waals surface area contributed by atoms with E-state index in [1.165, 1.54) is 64.6 Å². The van der Waals surface area contributed by atoms with E-state index in [1.807, 2.05) is 0 Å². The van der Waals surface area contributed by atoms with Crippen molar-refractivity contribution in [3.05, 3.63) is 12.7 Å². The van der Waals surface area contributed by atoms with Crippen molar-refractivity contribution in [2.75, 3.05) is 26.2 Å². The van der Waals surface area contributed by atoms with Crippen molar-refractivity contribution >= 4 is 0 Å². The summed E-state index contributed by atoms with van der Waals surface area (Å²) < 4.78 is 0. The number of hydrogen-bond acceptors (Lipinski definition) is 2. The third-order valence-electron chi connectivity index (χ3n) is 5.42. The number of rotatable bonds is 3. The lowest BCUT2D eigenvalue weighted by atomic mass is 9.75. The lowest BCUT2D eigenvalue weighted by Crippen LogP contribution is -2.51. The van der Waals surface area contributed by atoms with Crippen LogP contribution in [0.3, 0.4) is 0 Å². The zero-order chi connectivity index (χ0) is 12.4. The second-order valence-electron chi connectivity index (χ2n) is 6.46. The van der Waals surface area contributed by atoms with E-state index in [0.717, 1.165) is 24.5 Å². The number of nitrogens with zero attached hydrogens (tertiary/aromatic N) is 2. The molecule has 2 nitrogen and oxygen atoms in total. The van der Waals surface area contributed by atoms with Crippen LogP contribution in [0.15, 0.2) is 12.7 Å². The molecular weight excluding hydrogens is 220 g/mol. The van der Waals surface area contributed by atoms with Crippen LogP contribution in [0.1, 0.15) is 44.9 Å². The smallest absolute Gasteiger partial charge is 0.0163 e. The summed E-state index contributed by atoms with van der Waals surface area (Å²) in [6.07, 6.45) is 12.2. The quantitative estimate of drug-likeness (QED) is 0.709. The van der Waals surface area contributed by atoms with Crippen molar-refractivity contribution < 1.29 is 0 Å². The second-order valence-corrected chi connectivity index (χ2v) is 6.46. The normalized spacial score (nSPS) is 38.6. The van der Waals surface area contributed by atoms with Gasteiger partial charge < -0.3 is 4.90 Å². The molecule has 2 aliphatic heterocycles. The zero-order valence-corrected chi connectivity index (χ0v) is 11.7. The topological polar surface area (TPSA) is 6.48 Å². The molecule has 0 amide bonds. The molecule has 3 fully saturated rings. The highest BCUT2D eigenvalue weighted by atomic mass is 15.2. The number of likely N-dealkylation sites (tertiary alicyclic amines) is 2. The van der Waals surface area contributed by atoms with Gasteiger partial charge in [-0.2, -0.15) is 0 Å². The van der Waals surface area contributed by atoms with E-state index < -0.39 is 0 Å². The van der Waals surface area contributed by atoms with Gasteiger partial charge in [0.1, 0.15) is 0 Å². The van der Waals surface area contributed by atoms with E-state index in [9.17, 15) is 0 Å². The first-order valence-corrected chi connectivity index (χ1v) is 7.97. The Hall–Kier alpha value is -0.340. The van der Waals surface area contributed by atoms with Crippen LogP contribution in [0.2, 0.25) is 0 Å². The first kappa shape index (κ1) is 12.7. The highest BCUT2D eigenvalue weighted by molar-refractivity contribution is 4.95. The minimum absolute atomic E-state index is 0.871. The van der Waals surface area contributed by atoms with E-state index in [2.05, 4.69) is 22.5 Å². The van der Waals surface area contributed by atoms with Crippen LogP contribution >= 0.6 is 0 Å². The van der Waals surface area contributed by atoms with Crippen molar-refractivity contribution in [2.24, 2.45) is 5.92 Å². The summed E-state index contributed by atoms with van der Waals surface area (Å²) in [5.41, 5.74) is 0. The van der Waals surface area contributed by atoms with Crippen molar-refractivity contribution in [1.82, 2.24) is 9.80 Å². The fraction of sp³-hybridized carbons (Fsp3) is 0.875. The summed E-state index contributed by atoms with van der Waals surface area (Å²) >= 11 is 0. The Morgan fingerprint density at radius 1 is 1.00 bits per heavy atom. The third kappa shape index (κ3) is 2.50. The van der Waals surface area contributed by atoms with Crippen LogP contribution < -0.4 is 0 Å². The van der Waals surface area contributed by atoms with Gasteiger partial charge in [-0.1, -0.05) is 6.08 Å². The van der Waals surface area contributed by atoms with Gasteiger partial charge in [0.15, 0.2) is 0 Å². The fourth-order valence-corrected chi connectivity index (χ4v) is 4.57. The Bertz CT molecular complexity index is 283. The summed E-state index contributed by atoms with van der Waals surface area (Å²) in [6.45, 7) is 9.08. The predicted molar refractivity (Wildman–Crippen MR) is 76.7 cm³/mol. The molecule has 0 bridgehead atoms. The van der Waals surface area contributed by atoms with Crippen LogP contribution in [-0.4, -0.2) is 48.1 Å². The predicted octanol–water partition coefficient (Wildman–Crippen LogP) is 2.90. The molecule has 102 valence electrons. The largest absolute Gasteiger partial charge is 0.300 e. The first-order valence-electron chi connectivity index (χ1n) is 7.97. The molecule has 3 rings (SSSR count). The molecule has 1 aliphatic carbocycles. The first-order chi connectivity index (χ1) is 8.88. The Morgan fingerprint density at radius 3 is 2.61 bits per heavy atom. The molecule has 18 heavy (non-hydrogen) atoms. The SMILES string of the molecule is C=CCN1CCCC2CC(N3CCCC3)CCC21. The summed E-state index contributed by atoms with van der Waals surface area (Å²) in [4.78, 5) is 5.48. The molecule has 0 aromatic rings. The molecule has 3 atom stereocenters. The van der Waals surface area contributed by atoms with Gasteiger partial charge in [0, 0.05) is 18.6 Å². The van der Waals surface area contributed by atoms with E-state index in [0.29, 0.717) is 0 Å². The summed E-state index contributed by atoms with van der Waals surface area (Å²) in [6, 6.07) is 1.79. The van der Waals surface area contributed by atoms with E-state index in [4.69, 9.17) is 0 Å². The van der Waals surface area contributed by atoms with Crippen molar-refractivity contribution in [1.29, 1.82) is 0 Å². The van der Waals surface area contributed by atoms with Gasteiger partial charge in [0.25, 0.3) is 0 Å². The van der Waals surface area contributed by atoms with Crippen molar-refractivity contribution in [3.8, 4) is 0 Å². The zero-order valence-electron chi connectivity index (χ0n) is 11.7. The molecular formula is C16H28N2. The molecule has 0 radical (unpaired) electrons. The third-order valence-corrected chi connectivity index (χ3v) is 5.42. The van der Waals surface area contributed by atoms with Gasteiger partial charge in [-0.15, -0.1) is 6.58 Å². The molecule has 1 saturated carbocycles. The van der Waals surface area contributed by atoms with E-state index in [-0.39, 0.29) is 0 Å². The Balaban J connectivity index is 1.60. The van der Waals surface area contributed by atoms with Crippen LogP contribution in [-0.2, 0) is 0 Å². The minimum atomic E-state index is 0.871. The van der Waals surface area contributed by atoms with Crippen LogP contribution in [0.25, 0.3) is 0 Å². The number of hydrogen-bond donors (Lipinski definition) is 0. The second kappa shape index (κ2) is 5.75. The van der Waals surface area contributed by atoms with E-state index >= 15 is 0 Å². The van der Waals surface area contributed by atoms with Gasteiger partial charge in [0.05, 0.1) is 0 Å². The van der Waals surface area contributed by atoms with Crippen LogP contribution in [0, 0.1) is 5.92 Å². The van der Waals surface area contributed by atoms with Gasteiger partial charge >= 0.3 is 0 Å². The molecule has 2 heterocycles. The molecule has 0 N–H and O–H groups in total. The van der Waals surface area contributed by atoms with Crippen LogP contribution in [0.4, 0.5) is 0 Å². The number of fused-ring (bicyclic) bond motifs is 1. The van der Waals surface area contributed by atoms with Gasteiger partial charge in [0.2, 0.25) is 0 Å². The molecule has 3 unspecified atom stereocenters. The molecule has 3 aliphatic rings. The Labute approximate surface area is 112 Å². The highest BCUT2D eigenvalue weighted by Gasteiger charge is 2.38. The molecule has 2 saturated heterocycles. The van der Waals surface area contributed by atoms with Gasteiger partial charge in [-0.25, -0.2) is 0 Å². The van der Waals surface area contributed by atoms with Crippen molar-refractivity contribution in [3.63, 3.8) is 0 Å². The lowest BCUT2D eigenvalue weighted by Gasteiger charge is -2.47. The molecule has 0 spiro atoms. The maximum absolute atomic E-state index is 3.92. The van der Waals surface area contributed by atoms with Gasteiger partial charge in [-0.3, -0.25) is 4.90 Å². The Morgan fingerprint density at radius 2 is 1.83 bits per heavy atom. The Kier molecular flexibility index (Phi) is 4.05. The van der Waals surface area contributed by atoms with E-state index in [1.54, 1.807) is 0 Å². The summed E-state index contributed by atoms with van der Waals surface area (Å²) in [7, 11) is 0. The lowest BCUT2D eigenvalue weighted by molar-refractivity contribution is 0.0336. The highest BCUT2D eigenvalue weighted by Crippen LogP contribution is 2.37. The summed E-state index contributed by atoms with van der Waals surface area (Å²) in [5, 5.41) is 0. The standard InChI is InChI=1S/C16H28N2/c1-2-9-18-12-5-6-14-13-15(7-8-16(14)18)17-10-3-4-11-17/h2,14-16H,1,3-13H2.